The number of aliphatic carboxylic acids is 2. The standard InChI is InChI=1S/C29H30O6S2/c1-16-10-24-20(14-26(36-24)22(30)6-8-28(32)33)12-18(16)4-3-5-19-13-21-15-27(23(31)7-9-29(34)35)37-25(21)11-17(19)2/h10-15,22,30H,3-9H2,1-2H3,(H,32,33)(H,34,35). The van der Waals surface area contributed by atoms with Gasteiger partial charge in [-0.2, -0.15) is 0 Å². The van der Waals surface area contributed by atoms with E-state index in [2.05, 4.69) is 38.1 Å². The third-order valence-electron chi connectivity index (χ3n) is 6.66. The van der Waals surface area contributed by atoms with Gasteiger partial charge in [0.15, 0.2) is 5.78 Å². The number of hydrogen-bond donors (Lipinski definition) is 3. The molecule has 2 aromatic carbocycles. The predicted molar refractivity (Wildman–Crippen MR) is 148 cm³/mol. The van der Waals surface area contributed by atoms with Crippen LogP contribution in [0, 0.1) is 13.8 Å². The van der Waals surface area contributed by atoms with Gasteiger partial charge in [0.05, 0.1) is 17.4 Å². The summed E-state index contributed by atoms with van der Waals surface area (Å²) in [6, 6.07) is 12.4. The third-order valence-corrected chi connectivity index (χ3v) is 9.00. The van der Waals surface area contributed by atoms with E-state index in [0.29, 0.717) is 4.88 Å². The molecule has 0 saturated heterocycles. The molecular formula is C29H30O6S2. The molecule has 0 radical (unpaired) electrons. The second-order valence-corrected chi connectivity index (χ2v) is 11.7. The first-order valence-electron chi connectivity index (χ1n) is 12.3. The predicted octanol–water partition coefficient (Wildman–Crippen LogP) is 6.85. The third kappa shape index (κ3) is 6.63. The van der Waals surface area contributed by atoms with Crippen LogP contribution in [-0.2, 0) is 22.4 Å². The Morgan fingerprint density at radius 3 is 1.92 bits per heavy atom. The van der Waals surface area contributed by atoms with Crippen LogP contribution in [0.2, 0.25) is 0 Å². The lowest BCUT2D eigenvalue weighted by molar-refractivity contribution is -0.138. The number of aryl methyl sites for hydroxylation is 4. The summed E-state index contributed by atoms with van der Waals surface area (Å²) in [6.07, 6.45) is 2.03. The van der Waals surface area contributed by atoms with Gasteiger partial charge in [0, 0.05) is 27.1 Å². The van der Waals surface area contributed by atoms with Crippen molar-refractivity contribution in [3.05, 3.63) is 68.4 Å². The maximum Gasteiger partial charge on any atom is 0.303 e. The Morgan fingerprint density at radius 2 is 1.32 bits per heavy atom. The quantitative estimate of drug-likeness (QED) is 0.170. The molecule has 2 heterocycles. The van der Waals surface area contributed by atoms with Crippen molar-refractivity contribution in [2.24, 2.45) is 0 Å². The molecule has 1 atom stereocenters. The summed E-state index contributed by atoms with van der Waals surface area (Å²) >= 11 is 2.94. The number of aliphatic hydroxyl groups excluding tert-OH is 1. The second-order valence-electron chi connectivity index (χ2n) is 9.51. The highest BCUT2D eigenvalue weighted by molar-refractivity contribution is 7.20. The zero-order valence-electron chi connectivity index (χ0n) is 20.9. The molecule has 194 valence electrons. The lowest BCUT2D eigenvalue weighted by Gasteiger charge is -2.09. The number of benzene rings is 2. The molecule has 0 aliphatic carbocycles. The number of carboxylic acids is 2. The highest BCUT2D eigenvalue weighted by Crippen LogP contribution is 2.34. The van der Waals surface area contributed by atoms with Crippen molar-refractivity contribution in [1.29, 1.82) is 0 Å². The lowest BCUT2D eigenvalue weighted by atomic mass is 9.97. The van der Waals surface area contributed by atoms with Crippen molar-refractivity contribution in [3.8, 4) is 0 Å². The number of ketones is 1. The molecule has 6 nitrogen and oxygen atoms in total. The highest BCUT2D eigenvalue weighted by atomic mass is 32.1. The Morgan fingerprint density at radius 1 is 0.757 bits per heavy atom. The Hall–Kier alpha value is -3.07. The first-order valence-corrected chi connectivity index (χ1v) is 13.9. The van der Waals surface area contributed by atoms with Gasteiger partial charge in [-0.1, -0.05) is 12.1 Å². The summed E-state index contributed by atoms with van der Waals surface area (Å²) in [6.45, 7) is 4.18. The van der Waals surface area contributed by atoms with E-state index in [1.165, 1.54) is 44.9 Å². The molecule has 37 heavy (non-hydrogen) atoms. The SMILES string of the molecule is Cc1cc2sc(C(=O)CCC(=O)O)cc2cc1CCCc1cc2cc(C(O)CCC(=O)O)sc2cc1C. The van der Waals surface area contributed by atoms with Crippen LogP contribution in [0.4, 0.5) is 0 Å². The maximum atomic E-state index is 12.4. The van der Waals surface area contributed by atoms with Gasteiger partial charge in [-0.15, -0.1) is 22.7 Å². The van der Waals surface area contributed by atoms with Crippen molar-refractivity contribution < 1.29 is 29.7 Å². The van der Waals surface area contributed by atoms with Gasteiger partial charge in [0.1, 0.15) is 0 Å². The normalized spacial score (nSPS) is 12.3. The van der Waals surface area contributed by atoms with E-state index in [4.69, 9.17) is 10.2 Å². The van der Waals surface area contributed by atoms with Crippen LogP contribution in [0.15, 0.2) is 36.4 Å². The number of hydrogen-bond acceptors (Lipinski definition) is 6. The Labute approximate surface area is 223 Å². The highest BCUT2D eigenvalue weighted by Gasteiger charge is 2.15. The molecule has 2 aromatic heterocycles. The van der Waals surface area contributed by atoms with Crippen LogP contribution >= 0.6 is 22.7 Å². The molecule has 0 bridgehead atoms. The Balaban J connectivity index is 1.43. The van der Waals surface area contributed by atoms with Gasteiger partial charge in [-0.05, 0) is 96.8 Å². The molecule has 0 fully saturated rings. The number of rotatable bonds is 12. The van der Waals surface area contributed by atoms with Crippen molar-refractivity contribution in [2.75, 3.05) is 0 Å². The second kappa shape index (κ2) is 11.5. The summed E-state index contributed by atoms with van der Waals surface area (Å²) in [5, 5.41) is 30.2. The molecule has 3 N–H and O–H groups in total. The number of aliphatic hydroxyl groups is 1. The van der Waals surface area contributed by atoms with Crippen LogP contribution in [0.1, 0.15) is 75.0 Å². The monoisotopic (exact) mass is 538 g/mol. The van der Waals surface area contributed by atoms with E-state index in [0.717, 1.165) is 44.3 Å². The smallest absolute Gasteiger partial charge is 0.303 e. The molecule has 1 unspecified atom stereocenters. The van der Waals surface area contributed by atoms with Gasteiger partial charge >= 0.3 is 11.9 Å². The van der Waals surface area contributed by atoms with Crippen LogP contribution in [0.5, 0.6) is 0 Å². The van der Waals surface area contributed by atoms with Crippen molar-refractivity contribution in [1.82, 2.24) is 0 Å². The summed E-state index contributed by atoms with van der Waals surface area (Å²) < 4.78 is 2.14. The Kier molecular flexibility index (Phi) is 8.42. The van der Waals surface area contributed by atoms with Gasteiger partial charge in [-0.3, -0.25) is 14.4 Å². The zero-order chi connectivity index (χ0) is 26.7. The van der Waals surface area contributed by atoms with Crippen LogP contribution in [-0.4, -0.2) is 33.0 Å². The largest absolute Gasteiger partial charge is 0.481 e. The summed E-state index contributed by atoms with van der Waals surface area (Å²) in [4.78, 5) is 35.4. The van der Waals surface area contributed by atoms with Crippen molar-refractivity contribution in [3.63, 3.8) is 0 Å². The van der Waals surface area contributed by atoms with Gasteiger partial charge in [0.25, 0.3) is 0 Å². The number of carbonyl (C=O) groups excluding carboxylic acids is 1. The minimum absolute atomic E-state index is 0.0185. The first kappa shape index (κ1) is 27.0. The average Bonchev–Trinajstić information content (AvgIpc) is 3.44. The van der Waals surface area contributed by atoms with Gasteiger partial charge in [-0.25, -0.2) is 0 Å². The van der Waals surface area contributed by atoms with E-state index in [1.54, 1.807) is 0 Å². The number of carbonyl (C=O) groups is 3. The van der Waals surface area contributed by atoms with E-state index < -0.39 is 18.0 Å². The average molecular weight is 539 g/mol. The Bertz CT molecular complexity index is 1480. The minimum atomic E-state index is -0.963. The minimum Gasteiger partial charge on any atom is -0.481 e. The maximum absolute atomic E-state index is 12.4. The fourth-order valence-electron chi connectivity index (χ4n) is 4.55. The topological polar surface area (TPSA) is 112 Å². The number of carboxylic acid groups (broad SMARTS) is 2. The van der Waals surface area contributed by atoms with Crippen molar-refractivity contribution >= 4 is 60.6 Å². The van der Waals surface area contributed by atoms with E-state index in [-0.39, 0.29) is 31.5 Å². The lowest BCUT2D eigenvalue weighted by Crippen LogP contribution is -2.01. The summed E-state index contributed by atoms with van der Waals surface area (Å²) in [5.74, 6) is -1.99. The first-order chi connectivity index (χ1) is 17.6. The molecule has 4 rings (SSSR count). The van der Waals surface area contributed by atoms with Crippen LogP contribution < -0.4 is 0 Å². The van der Waals surface area contributed by atoms with E-state index in [9.17, 15) is 19.5 Å². The van der Waals surface area contributed by atoms with E-state index >= 15 is 0 Å². The molecule has 4 aromatic rings. The molecule has 0 aliphatic rings. The fraction of sp³-hybridized carbons (Fsp3) is 0.345. The van der Waals surface area contributed by atoms with Gasteiger partial charge in [0.2, 0.25) is 0 Å². The molecule has 0 spiro atoms. The molecular weight excluding hydrogens is 508 g/mol. The number of fused-ring (bicyclic) bond motifs is 2. The van der Waals surface area contributed by atoms with Crippen LogP contribution in [0.25, 0.3) is 20.2 Å². The molecule has 0 aliphatic heterocycles. The van der Waals surface area contributed by atoms with E-state index in [1.807, 2.05) is 12.1 Å². The van der Waals surface area contributed by atoms with Crippen molar-refractivity contribution in [2.45, 2.75) is 64.9 Å². The molecule has 0 saturated carbocycles. The molecule has 8 heteroatoms. The summed E-state index contributed by atoms with van der Waals surface area (Å²) in [7, 11) is 0. The number of thiophene rings is 2. The zero-order valence-corrected chi connectivity index (χ0v) is 22.5. The number of Topliss-reactive ketones (excluding diaryl/α,β-unsaturated/α-hetero) is 1. The van der Waals surface area contributed by atoms with Gasteiger partial charge < -0.3 is 15.3 Å². The van der Waals surface area contributed by atoms with Crippen LogP contribution in [0.3, 0.4) is 0 Å². The summed E-state index contributed by atoms with van der Waals surface area (Å²) in [5.41, 5.74) is 4.89. The molecule has 0 amide bonds. The fourth-order valence-corrected chi connectivity index (χ4v) is 6.82.